The average molecular weight is 337 g/mol. The van der Waals surface area contributed by atoms with Gasteiger partial charge < -0.3 is 5.32 Å². The van der Waals surface area contributed by atoms with Crippen LogP contribution in [0.15, 0.2) is 60.9 Å². The lowest BCUT2D eigenvalue weighted by molar-refractivity contribution is -0.122. The zero-order valence-electron chi connectivity index (χ0n) is 14.2. The van der Waals surface area contributed by atoms with E-state index in [0.717, 1.165) is 11.1 Å². The van der Waals surface area contributed by atoms with Gasteiger partial charge in [0.2, 0.25) is 5.91 Å². The molecule has 0 fully saturated rings. The first-order valence-electron chi connectivity index (χ1n) is 8.14. The van der Waals surface area contributed by atoms with Gasteiger partial charge in [-0.15, -0.1) is 0 Å². The SMILES string of the molecule is C[C@@H](C(=O)NCc1cnn(C)c1)c1ccc(-c2ccccc2)c(F)c1. The second-order valence-corrected chi connectivity index (χ2v) is 6.07. The fraction of sp³-hybridized carbons (Fsp3) is 0.200. The quantitative estimate of drug-likeness (QED) is 0.772. The number of nitrogens with one attached hydrogen (secondary N) is 1. The highest BCUT2D eigenvalue weighted by Gasteiger charge is 2.17. The molecule has 128 valence electrons. The van der Waals surface area contributed by atoms with Crippen LogP contribution in [-0.4, -0.2) is 15.7 Å². The molecule has 0 spiro atoms. The molecular weight excluding hydrogens is 317 g/mol. The summed E-state index contributed by atoms with van der Waals surface area (Å²) in [6.07, 6.45) is 3.55. The monoisotopic (exact) mass is 337 g/mol. The third-order valence-corrected chi connectivity index (χ3v) is 4.20. The number of rotatable bonds is 5. The van der Waals surface area contributed by atoms with Gasteiger partial charge in [-0.1, -0.05) is 42.5 Å². The molecule has 1 amide bonds. The molecule has 25 heavy (non-hydrogen) atoms. The van der Waals surface area contributed by atoms with Gasteiger partial charge in [0.15, 0.2) is 0 Å². The zero-order chi connectivity index (χ0) is 17.8. The Morgan fingerprint density at radius 3 is 2.64 bits per heavy atom. The van der Waals surface area contributed by atoms with Gasteiger partial charge >= 0.3 is 0 Å². The van der Waals surface area contributed by atoms with E-state index in [1.54, 1.807) is 29.9 Å². The summed E-state index contributed by atoms with van der Waals surface area (Å²) in [5.41, 5.74) is 2.93. The van der Waals surface area contributed by atoms with Gasteiger partial charge in [-0.2, -0.15) is 5.10 Å². The number of benzene rings is 2. The van der Waals surface area contributed by atoms with Gasteiger partial charge in [-0.05, 0) is 24.1 Å². The Kier molecular flexibility index (Phi) is 4.93. The average Bonchev–Trinajstić information content (AvgIpc) is 3.05. The van der Waals surface area contributed by atoms with E-state index in [4.69, 9.17) is 0 Å². The first kappa shape index (κ1) is 16.9. The Bertz CT molecular complexity index is 874. The van der Waals surface area contributed by atoms with Crippen LogP contribution in [0.1, 0.15) is 24.0 Å². The molecule has 3 aromatic rings. The minimum absolute atomic E-state index is 0.143. The third-order valence-electron chi connectivity index (χ3n) is 4.20. The highest BCUT2D eigenvalue weighted by molar-refractivity contribution is 5.83. The molecule has 0 bridgehead atoms. The maximum Gasteiger partial charge on any atom is 0.227 e. The van der Waals surface area contributed by atoms with Crippen LogP contribution in [0.25, 0.3) is 11.1 Å². The fourth-order valence-corrected chi connectivity index (χ4v) is 2.71. The summed E-state index contributed by atoms with van der Waals surface area (Å²) in [4.78, 5) is 12.3. The number of amides is 1. The van der Waals surface area contributed by atoms with E-state index >= 15 is 0 Å². The van der Waals surface area contributed by atoms with Crippen LogP contribution in [0, 0.1) is 5.82 Å². The number of hydrogen-bond donors (Lipinski definition) is 1. The zero-order valence-corrected chi connectivity index (χ0v) is 14.2. The molecule has 0 aliphatic carbocycles. The highest BCUT2D eigenvalue weighted by Crippen LogP contribution is 2.26. The van der Waals surface area contributed by atoms with E-state index in [9.17, 15) is 9.18 Å². The molecule has 0 unspecified atom stereocenters. The van der Waals surface area contributed by atoms with Crippen LogP contribution < -0.4 is 5.32 Å². The molecule has 1 N–H and O–H groups in total. The second-order valence-electron chi connectivity index (χ2n) is 6.07. The summed E-state index contributed by atoms with van der Waals surface area (Å²) in [7, 11) is 1.82. The molecule has 0 aliphatic heterocycles. The highest BCUT2D eigenvalue weighted by atomic mass is 19.1. The first-order chi connectivity index (χ1) is 12.0. The summed E-state index contributed by atoms with van der Waals surface area (Å²) < 4.78 is 16.2. The van der Waals surface area contributed by atoms with Crippen molar-refractivity contribution >= 4 is 5.91 Å². The minimum Gasteiger partial charge on any atom is -0.351 e. The molecule has 1 aromatic heterocycles. The fourth-order valence-electron chi connectivity index (χ4n) is 2.71. The van der Waals surface area contributed by atoms with E-state index in [0.29, 0.717) is 17.7 Å². The molecule has 0 aliphatic rings. The molecular formula is C20H20FN3O. The number of carbonyl (C=O) groups excluding carboxylic acids is 1. The maximum atomic E-state index is 14.5. The summed E-state index contributed by atoms with van der Waals surface area (Å²) in [6.45, 7) is 2.18. The van der Waals surface area contributed by atoms with Gasteiger partial charge in [-0.25, -0.2) is 4.39 Å². The van der Waals surface area contributed by atoms with Crippen molar-refractivity contribution in [1.82, 2.24) is 15.1 Å². The van der Waals surface area contributed by atoms with Crippen LogP contribution in [0.2, 0.25) is 0 Å². The molecule has 4 nitrogen and oxygen atoms in total. The molecule has 1 atom stereocenters. The van der Waals surface area contributed by atoms with Crippen molar-refractivity contribution in [2.24, 2.45) is 7.05 Å². The Hall–Kier alpha value is -2.95. The molecule has 5 heteroatoms. The maximum absolute atomic E-state index is 14.5. The van der Waals surface area contributed by atoms with E-state index < -0.39 is 5.92 Å². The molecule has 3 rings (SSSR count). The van der Waals surface area contributed by atoms with Crippen LogP contribution >= 0.6 is 0 Å². The molecule has 0 radical (unpaired) electrons. The largest absolute Gasteiger partial charge is 0.351 e. The predicted molar refractivity (Wildman–Crippen MR) is 95.3 cm³/mol. The van der Waals surface area contributed by atoms with Crippen molar-refractivity contribution in [3.63, 3.8) is 0 Å². The second kappa shape index (κ2) is 7.30. The van der Waals surface area contributed by atoms with E-state index in [1.165, 1.54) is 6.07 Å². The van der Waals surface area contributed by atoms with Crippen molar-refractivity contribution in [3.8, 4) is 11.1 Å². The molecule has 1 heterocycles. The molecule has 2 aromatic carbocycles. The Balaban J connectivity index is 1.70. The predicted octanol–water partition coefficient (Wildman–Crippen LogP) is 3.65. The molecule has 0 saturated carbocycles. The van der Waals surface area contributed by atoms with Crippen molar-refractivity contribution in [2.75, 3.05) is 0 Å². The summed E-state index contributed by atoms with van der Waals surface area (Å²) >= 11 is 0. The van der Waals surface area contributed by atoms with Crippen LogP contribution in [0.3, 0.4) is 0 Å². The number of aryl methyl sites for hydroxylation is 1. The van der Waals surface area contributed by atoms with Crippen LogP contribution in [0.5, 0.6) is 0 Å². The first-order valence-corrected chi connectivity index (χ1v) is 8.14. The van der Waals surface area contributed by atoms with Gasteiger partial charge in [0, 0.05) is 30.9 Å². The van der Waals surface area contributed by atoms with Gasteiger partial charge in [0.1, 0.15) is 5.82 Å². The van der Waals surface area contributed by atoms with E-state index in [2.05, 4.69) is 10.4 Å². The van der Waals surface area contributed by atoms with Crippen molar-refractivity contribution < 1.29 is 9.18 Å². The van der Waals surface area contributed by atoms with Crippen LogP contribution in [-0.2, 0) is 18.4 Å². The number of halogens is 1. The van der Waals surface area contributed by atoms with E-state index in [1.807, 2.05) is 43.6 Å². The summed E-state index contributed by atoms with van der Waals surface area (Å²) in [5, 5.41) is 6.93. The minimum atomic E-state index is -0.434. The smallest absolute Gasteiger partial charge is 0.227 e. The summed E-state index contributed by atoms with van der Waals surface area (Å²) in [6, 6.07) is 14.3. The van der Waals surface area contributed by atoms with Crippen molar-refractivity contribution in [2.45, 2.75) is 19.4 Å². The number of aromatic nitrogens is 2. The Morgan fingerprint density at radius 1 is 1.24 bits per heavy atom. The van der Waals surface area contributed by atoms with Crippen molar-refractivity contribution in [1.29, 1.82) is 0 Å². The Morgan fingerprint density at radius 2 is 2.00 bits per heavy atom. The Labute approximate surface area is 146 Å². The lowest BCUT2D eigenvalue weighted by Gasteiger charge is -2.13. The van der Waals surface area contributed by atoms with Crippen molar-refractivity contribution in [3.05, 3.63) is 77.9 Å². The van der Waals surface area contributed by atoms with E-state index in [-0.39, 0.29) is 11.7 Å². The van der Waals surface area contributed by atoms with Gasteiger partial charge in [0.25, 0.3) is 0 Å². The lowest BCUT2D eigenvalue weighted by atomic mass is 9.96. The molecule has 0 saturated heterocycles. The van der Waals surface area contributed by atoms with Crippen LogP contribution in [0.4, 0.5) is 4.39 Å². The number of nitrogens with zero attached hydrogens (tertiary/aromatic N) is 2. The van der Waals surface area contributed by atoms with Gasteiger partial charge in [0.05, 0.1) is 12.1 Å². The standard InChI is InChI=1S/C20H20FN3O/c1-14(20(25)22-11-15-12-23-24(2)13-15)17-8-9-18(19(21)10-17)16-6-4-3-5-7-16/h3-10,12-14H,11H2,1-2H3,(H,22,25)/t14-/m1/s1. The topological polar surface area (TPSA) is 46.9 Å². The number of hydrogen-bond acceptors (Lipinski definition) is 2. The third kappa shape index (κ3) is 3.94. The van der Waals surface area contributed by atoms with Gasteiger partial charge in [-0.3, -0.25) is 9.48 Å². The normalized spacial score (nSPS) is 12.0. The lowest BCUT2D eigenvalue weighted by Crippen LogP contribution is -2.27. The number of carbonyl (C=O) groups is 1. The summed E-state index contributed by atoms with van der Waals surface area (Å²) in [5.74, 6) is -0.901.